The van der Waals surface area contributed by atoms with Crippen molar-refractivity contribution in [2.24, 2.45) is 0 Å². The molecular weight excluding hydrogens is 601 g/mol. The lowest BCUT2D eigenvalue weighted by Crippen LogP contribution is -2.43. The summed E-state index contributed by atoms with van der Waals surface area (Å²) in [5.74, 6) is -0.160. The van der Waals surface area contributed by atoms with Crippen LogP contribution in [0, 0.1) is 0 Å². The zero-order valence-corrected chi connectivity index (χ0v) is 25.9. The number of hydrogen-bond acceptors (Lipinski definition) is 7. The van der Waals surface area contributed by atoms with Crippen molar-refractivity contribution in [1.82, 2.24) is 19.7 Å². The predicted octanol–water partition coefficient (Wildman–Crippen LogP) is 6.59. The molecule has 4 heterocycles. The zero-order chi connectivity index (χ0) is 32.4. The fraction of sp³-hybridized carbons (Fsp3) is 0.441. The Kier molecular flexibility index (Phi) is 9.19. The number of carbonyl (C=O) groups is 1. The van der Waals surface area contributed by atoms with Crippen LogP contribution in [0.1, 0.15) is 77.8 Å². The number of carboxylic acid groups (broad SMARTS) is 1. The van der Waals surface area contributed by atoms with Gasteiger partial charge in [-0.15, -0.1) is 0 Å². The van der Waals surface area contributed by atoms with Gasteiger partial charge < -0.3 is 19.3 Å². The maximum absolute atomic E-state index is 14.4. The first-order valence-corrected chi connectivity index (χ1v) is 15.6. The Balaban J connectivity index is 1.25. The summed E-state index contributed by atoms with van der Waals surface area (Å²) in [7, 11) is 0. The quantitative estimate of drug-likeness (QED) is 0.281. The molecule has 12 heteroatoms. The van der Waals surface area contributed by atoms with E-state index in [2.05, 4.69) is 10.00 Å². The Labute approximate surface area is 265 Å². The van der Waals surface area contributed by atoms with Gasteiger partial charge >= 0.3 is 12.1 Å². The van der Waals surface area contributed by atoms with E-state index in [1.165, 1.54) is 16.9 Å². The number of ether oxygens (including phenoxy) is 3. The van der Waals surface area contributed by atoms with Crippen LogP contribution in [-0.4, -0.2) is 63.1 Å². The first-order chi connectivity index (χ1) is 22.1. The highest BCUT2D eigenvalue weighted by Gasteiger charge is 2.37. The maximum Gasteiger partial charge on any atom is 0.416 e. The molecule has 2 aromatic heterocycles. The highest BCUT2D eigenvalue weighted by molar-refractivity contribution is 5.90. The summed E-state index contributed by atoms with van der Waals surface area (Å²) in [5, 5.41) is 13.8. The Hall–Kier alpha value is -4.16. The molecule has 0 spiro atoms. The highest BCUT2D eigenvalue weighted by atomic mass is 19.4. The van der Waals surface area contributed by atoms with Crippen LogP contribution < -0.4 is 4.74 Å². The molecule has 3 aromatic rings. The normalized spacial score (nSPS) is 17.9. The Bertz CT molecular complexity index is 1670. The lowest BCUT2D eigenvalue weighted by Gasteiger charge is -2.38. The van der Waals surface area contributed by atoms with Crippen LogP contribution in [0.3, 0.4) is 0 Å². The average molecular weight is 639 g/mol. The largest absolute Gasteiger partial charge is 0.488 e. The summed E-state index contributed by atoms with van der Waals surface area (Å²) in [5.41, 5.74) is 3.13. The molecule has 1 N–H and O–H groups in total. The van der Waals surface area contributed by atoms with Gasteiger partial charge in [-0.1, -0.05) is 18.2 Å². The molecule has 1 saturated heterocycles. The summed E-state index contributed by atoms with van der Waals surface area (Å²) in [6, 6.07) is 8.62. The Morgan fingerprint density at radius 2 is 1.96 bits per heavy atom. The van der Waals surface area contributed by atoms with Gasteiger partial charge in [0.25, 0.3) is 0 Å². The SMILES string of the molecule is CCOc1c(C(=O)O)cnn1-c1cccc(C2=CCCC(C)=C2OCc2cc3c(c(C(F)(F)F)c2)CN(C2CCOCC2)CC3)n1. The molecule has 1 aromatic carbocycles. The van der Waals surface area contributed by atoms with Crippen LogP contribution in [0.25, 0.3) is 11.4 Å². The number of benzene rings is 1. The van der Waals surface area contributed by atoms with Gasteiger partial charge in [0.2, 0.25) is 5.88 Å². The smallest absolute Gasteiger partial charge is 0.416 e. The third-order valence-corrected chi connectivity index (χ3v) is 8.79. The molecule has 0 radical (unpaired) electrons. The van der Waals surface area contributed by atoms with E-state index in [9.17, 15) is 23.1 Å². The van der Waals surface area contributed by atoms with E-state index in [1.54, 1.807) is 19.1 Å². The first kappa shape index (κ1) is 31.8. The third-order valence-electron chi connectivity index (χ3n) is 8.79. The molecule has 0 bridgehead atoms. The molecule has 244 valence electrons. The Morgan fingerprint density at radius 3 is 2.70 bits per heavy atom. The van der Waals surface area contributed by atoms with Crippen molar-refractivity contribution in [2.75, 3.05) is 26.4 Å². The number of rotatable bonds is 9. The van der Waals surface area contributed by atoms with Crippen molar-refractivity contribution < 1.29 is 37.3 Å². The molecule has 1 aliphatic carbocycles. The van der Waals surface area contributed by atoms with Gasteiger partial charge in [0, 0.05) is 37.9 Å². The number of fused-ring (bicyclic) bond motifs is 1. The number of halogens is 3. The summed E-state index contributed by atoms with van der Waals surface area (Å²) in [4.78, 5) is 18.6. The van der Waals surface area contributed by atoms with Crippen LogP contribution in [0.2, 0.25) is 0 Å². The molecule has 2 aliphatic heterocycles. The molecule has 0 atom stereocenters. The van der Waals surface area contributed by atoms with Crippen LogP contribution in [0.4, 0.5) is 13.2 Å². The number of alkyl halides is 3. The van der Waals surface area contributed by atoms with Gasteiger partial charge in [0.1, 0.15) is 17.9 Å². The second-order valence-corrected chi connectivity index (χ2v) is 11.8. The number of carboxylic acids is 1. The minimum Gasteiger partial charge on any atom is -0.488 e. The fourth-order valence-corrected chi connectivity index (χ4v) is 6.51. The van der Waals surface area contributed by atoms with E-state index in [1.807, 2.05) is 25.1 Å². The standard InChI is InChI=1S/C34H37F3N4O5/c1-3-45-32-26(33(42)43)18-38-41(32)30-9-5-8-29(39-30)25-7-4-6-21(2)31(25)46-20-22-16-23-10-13-40(24-11-14-44-15-12-24)19-27(23)28(17-22)34(35,36)37/h5,7-9,16-18,24H,3-4,6,10-15,19-20H2,1-2H3,(H,42,43). The third kappa shape index (κ3) is 6.54. The van der Waals surface area contributed by atoms with Crippen molar-refractivity contribution in [3.8, 4) is 11.7 Å². The molecule has 3 aliphatic rings. The highest BCUT2D eigenvalue weighted by Crippen LogP contribution is 2.39. The van der Waals surface area contributed by atoms with Gasteiger partial charge in [-0.3, -0.25) is 4.90 Å². The summed E-state index contributed by atoms with van der Waals surface area (Å²) < 4.78 is 61.9. The summed E-state index contributed by atoms with van der Waals surface area (Å²) in [6.07, 6.45) is 2.45. The number of nitrogens with zero attached hydrogens (tertiary/aromatic N) is 4. The second-order valence-electron chi connectivity index (χ2n) is 11.8. The van der Waals surface area contributed by atoms with E-state index in [0.717, 1.165) is 42.4 Å². The Morgan fingerprint density at radius 1 is 1.15 bits per heavy atom. The van der Waals surface area contributed by atoms with Crippen LogP contribution in [-0.2, 0) is 35.2 Å². The lowest BCUT2D eigenvalue weighted by atomic mass is 9.90. The van der Waals surface area contributed by atoms with E-state index in [-0.39, 0.29) is 37.2 Å². The average Bonchev–Trinajstić information content (AvgIpc) is 3.48. The van der Waals surface area contributed by atoms with E-state index < -0.39 is 17.7 Å². The summed E-state index contributed by atoms with van der Waals surface area (Å²) in [6.45, 7) is 6.20. The first-order valence-electron chi connectivity index (χ1n) is 15.6. The van der Waals surface area contributed by atoms with Crippen molar-refractivity contribution >= 4 is 11.5 Å². The van der Waals surface area contributed by atoms with Gasteiger partial charge in [-0.05, 0) is 86.4 Å². The van der Waals surface area contributed by atoms with E-state index >= 15 is 0 Å². The monoisotopic (exact) mass is 638 g/mol. The number of hydrogen-bond donors (Lipinski definition) is 1. The number of aromatic nitrogens is 3. The number of allylic oxidation sites excluding steroid dienone is 3. The predicted molar refractivity (Wildman–Crippen MR) is 164 cm³/mol. The van der Waals surface area contributed by atoms with Crippen molar-refractivity contribution in [3.05, 3.63) is 87.4 Å². The zero-order valence-electron chi connectivity index (χ0n) is 25.9. The van der Waals surface area contributed by atoms with Crippen LogP contribution in [0.5, 0.6) is 5.88 Å². The second kappa shape index (κ2) is 13.3. The van der Waals surface area contributed by atoms with E-state index in [4.69, 9.17) is 19.2 Å². The molecule has 9 nitrogen and oxygen atoms in total. The molecule has 46 heavy (non-hydrogen) atoms. The van der Waals surface area contributed by atoms with Gasteiger partial charge in [-0.25, -0.2) is 9.78 Å². The molecule has 0 unspecified atom stereocenters. The van der Waals surface area contributed by atoms with Crippen LogP contribution >= 0.6 is 0 Å². The molecule has 1 fully saturated rings. The maximum atomic E-state index is 14.4. The van der Waals surface area contributed by atoms with E-state index in [0.29, 0.717) is 54.6 Å². The van der Waals surface area contributed by atoms with Gasteiger partial charge in [0.05, 0.1) is 24.1 Å². The molecular formula is C34H37F3N4O5. The molecule has 0 amide bonds. The number of aromatic carboxylic acids is 1. The minimum absolute atomic E-state index is 0.0284. The van der Waals surface area contributed by atoms with Crippen molar-refractivity contribution in [2.45, 2.75) is 71.3 Å². The topological polar surface area (TPSA) is 98.9 Å². The minimum atomic E-state index is -4.48. The van der Waals surface area contributed by atoms with Crippen LogP contribution in [0.15, 0.2) is 53.9 Å². The lowest BCUT2D eigenvalue weighted by molar-refractivity contribution is -0.138. The molecule has 0 saturated carbocycles. The fourth-order valence-electron chi connectivity index (χ4n) is 6.51. The van der Waals surface area contributed by atoms with Crippen molar-refractivity contribution in [1.29, 1.82) is 0 Å². The number of pyridine rings is 1. The van der Waals surface area contributed by atoms with Crippen molar-refractivity contribution in [3.63, 3.8) is 0 Å². The van der Waals surface area contributed by atoms with Gasteiger partial charge in [-0.2, -0.15) is 23.0 Å². The summed E-state index contributed by atoms with van der Waals surface area (Å²) >= 11 is 0. The molecule has 6 rings (SSSR count). The van der Waals surface area contributed by atoms with Gasteiger partial charge in [0.15, 0.2) is 5.82 Å².